The molecule has 0 aliphatic heterocycles. The molecule has 1 aromatic rings. The van der Waals surface area contributed by atoms with E-state index in [2.05, 4.69) is 26.8 Å². The van der Waals surface area contributed by atoms with E-state index in [4.69, 9.17) is 0 Å². The van der Waals surface area contributed by atoms with Gasteiger partial charge in [0.15, 0.2) is 0 Å². The van der Waals surface area contributed by atoms with Gasteiger partial charge in [-0.05, 0) is 30.7 Å². The third-order valence-electron chi connectivity index (χ3n) is 4.59. The molecule has 0 aliphatic rings. The number of phenolic OH excluding ortho intramolecular Hbond substituents is 1. The number of hydrogen-bond donors (Lipinski definition) is 1. The molecule has 0 heterocycles. The molecule has 0 unspecified atom stereocenters. The first-order valence-corrected chi connectivity index (χ1v) is 7.98. The van der Waals surface area contributed by atoms with Crippen LogP contribution in [0.4, 0.5) is 0 Å². The van der Waals surface area contributed by atoms with E-state index in [1.54, 1.807) is 0 Å². The van der Waals surface area contributed by atoms with Crippen LogP contribution in [0.2, 0.25) is 0 Å². The van der Waals surface area contributed by atoms with Gasteiger partial charge < -0.3 is 5.11 Å². The van der Waals surface area contributed by atoms with E-state index in [9.17, 15) is 5.11 Å². The van der Waals surface area contributed by atoms with Crippen molar-refractivity contribution in [3.8, 4) is 5.75 Å². The maximum atomic E-state index is 10.1. The number of unbranched alkanes of at least 4 members (excludes halogenated alkanes) is 4. The molecule has 0 saturated carbocycles. The van der Waals surface area contributed by atoms with Crippen LogP contribution in [0.3, 0.4) is 0 Å². The molecule has 108 valence electrons. The fourth-order valence-corrected chi connectivity index (χ4v) is 3.11. The minimum atomic E-state index is 0.164. The normalized spacial score (nSPS) is 11.7. The van der Waals surface area contributed by atoms with Crippen LogP contribution in [0.25, 0.3) is 0 Å². The molecule has 0 amide bonds. The Morgan fingerprint density at radius 2 is 1.53 bits per heavy atom. The lowest BCUT2D eigenvalue weighted by Crippen LogP contribution is -2.24. The molecule has 0 bridgehead atoms. The predicted octanol–water partition coefficient (Wildman–Crippen LogP) is 5.81. The Balaban J connectivity index is 2.71. The summed E-state index contributed by atoms with van der Waals surface area (Å²) >= 11 is 0. The molecular formula is C18H30O. The van der Waals surface area contributed by atoms with Crippen molar-refractivity contribution in [3.05, 3.63) is 29.8 Å². The minimum Gasteiger partial charge on any atom is -0.508 e. The second kappa shape index (κ2) is 8.24. The summed E-state index contributed by atoms with van der Waals surface area (Å²) in [5, 5.41) is 10.1. The number of aromatic hydroxyl groups is 1. The van der Waals surface area contributed by atoms with E-state index in [-0.39, 0.29) is 5.41 Å². The van der Waals surface area contributed by atoms with Gasteiger partial charge >= 0.3 is 0 Å². The second-order valence-corrected chi connectivity index (χ2v) is 5.67. The summed E-state index contributed by atoms with van der Waals surface area (Å²) in [5.74, 6) is 0.472. The van der Waals surface area contributed by atoms with E-state index in [1.807, 2.05) is 18.2 Å². The molecule has 0 fully saturated rings. The van der Waals surface area contributed by atoms with Crippen molar-refractivity contribution >= 4 is 0 Å². The molecule has 0 radical (unpaired) electrons. The number of phenols is 1. The molecule has 1 N–H and O–H groups in total. The average molecular weight is 262 g/mol. The summed E-state index contributed by atoms with van der Waals surface area (Å²) in [6.45, 7) is 6.76. The molecule has 19 heavy (non-hydrogen) atoms. The highest BCUT2D eigenvalue weighted by Gasteiger charge is 2.29. The van der Waals surface area contributed by atoms with Crippen molar-refractivity contribution in [2.45, 2.75) is 77.6 Å². The van der Waals surface area contributed by atoms with E-state index >= 15 is 0 Å². The van der Waals surface area contributed by atoms with Gasteiger partial charge in [0.1, 0.15) is 5.75 Å². The van der Waals surface area contributed by atoms with Crippen LogP contribution in [0, 0.1) is 0 Å². The van der Waals surface area contributed by atoms with Gasteiger partial charge in [0.25, 0.3) is 0 Å². The second-order valence-electron chi connectivity index (χ2n) is 5.67. The van der Waals surface area contributed by atoms with Crippen molar-refractivity contribution in [3.63, 3.8) is 0 Å². The van der Waals surface area contributed by atoms with Crippen LogP contribution in [0.1, 0.15) is 77.7 Å². The molecule has 0 saturated heterocycles. The molecule has 0 atom stereocenters. The Bertz CT molecular complexity index is 352. The fourth-order valence-electron chi connectivity index (χ4n) is 3.11. The van der Waals surface area contributed by atoms with Gasteiger partial charge in [0.2, 0.25) is 0 Å². The quantitative estimate of drug-likeness (QED) is 0.557. The van der Waals surface area contributed by atoms with Crippen molar-refractivity contribution in [2.24, 2.45) is 0 Å². The van der Waals surface area contributed by atoms with Gasteiger partial charge in [0.05, 0.1) is 0 Å². The van der Waals surface area contributed by atoms with Crippen molar-refractivity contribution in [2.75, 3.05) is 0 Å². The first-order chi connectivity index (χ1) is 9.20. The molecular weight excluding hydrogens is 232 g/mol. The first kappa shape index (κ1) is 16.1. The number of hydrogen-bond acceptors (Lipinski definition) is 1. The Hall–Kier alpha value is -0.980. The molecule has 1 nitrogen and oxygen atoms in total. The van der Waals surface area contributed by atoms with Crippen LogP contribution in [-0.2, 0) is 5.41 Å². The smallest absolute Gasteiger partial charge is 0.119 e. The van der Waals surface area contributed by atoms with E-state index in [0.717, 1.165) is 18.4 Å². The third kappa shape index (κ3) is 4.26. The van der Waals surface area contributed by atoms with Gasteiger partial charge in [0, 0.05) is 5.56 Å². The van der Waals surface area contributed by atoms with E-state index in [0.29, 0.717) is 5.75 Å². The van der Waals surface area contributed by atoms with Gasteiger partial charge in [-0.25, -0.2) is 0 Å². The Morgan fingerprint density at radius 3 is 2.11 bits per heavy atom. The summed E-state index contributed by atoms with van der Waals surface area (Å²) in [4.78, 5) is 0. The zero-order valence-corrected chi connectivity index (χ0v) is 12.9. The fraction of sp³-hybridized carbons (Fsp3) is 0.667. The Kier molecular flexibility index (Phi) is 6.97. The highest BCUT2D eigenvalue weighted by atomic mass is 16.3. The Labute approximate surface area is 119 Å². The lowest BCUT2D eigenvalue weighted by Gasteiger charge is -2.33. The van der Waals surface area contributed by atoms with Crippen molar-refractivity contribution < 1.29 is 5.11 Å². The number of para-hydroxylation sites is 1. The van der Waals surface area contributed by atoms with E-state index in [1.165, 1.54) is 38.5 Å². The van der Waals surface area contributed by atoms with Crippen LogP contribution in [-0.4, -0.2) is 5.11 Å². The van der Waals surface area contributed by atoms with Gasteiger partial charge in [-0.2, -0.15) is 0 Å². The monoisotopic (exact) mass is 262 g/mol. The van der Waals surface area contributed by atoms with Crippen molar-refractivity contribution in [1.29, 1.82) is 0 Å². The maximum absolute atomic E-state index is 10.1. The van der Waals surface area contributed by atoms with Crippen molar-refractivity contribution in [1.82, 2.24) is 0 Å². The lowest BCUT2D eigenvalue weighted by atomic mass is 9.72. The summed E-state index contributed by atoms with van der Waals surface area (Å²) in [5.41, 5.74) is 1.31. The minimum absolute atomic E-state index is 0.164. The molecule has 0 spiro atoms. The summed E-state index contributed by atoms with van der Waals surface area (Å²) in [6, 6.07) is 7.89. The van der Waals surface area contributed by atoms with E-state index < -0.39 is 0 Å². The van der Waals surface area contributed by atoms with Gasteiger partial charge in [-0.1, -0.05) is 71.1 Å². The largest absolute Gasteiger partial charge is 0.508 e. The van der Waals surface area contributed by atoms with Crippen LogP contribution < -0.4 is 0 Å². The predicted molar refractivity (Wildman–Crippen MR) is 83.7 cm³/mol. The van der Waals surface area contributed by atoms with Crippen LogP contribution in [0.5, 0.6) is 5.75 Å². The van der Waals surface area contributed by atoms with Gasteiger partial charge in [-0.3, -0.25) is 0 Å². The molecule has 0 aromatic heterocycles. The summed E-state index contributed by atoms with van der Waals surface area (Å²) in [7, 11) is 0. The zero-order chi connectivity index (χ0) is 14.1. The van der Waals surface area contributed by atoms with Crippen LogP contribution in [0.15, 0.2) is 24.3 Å². The van der Waals surface area contributed by atoms with Gasteiger partial charge in [-0.15, -0.1) is 0 Å². The summed E-state index contributed by atoms with van der Waals surface area (Å²) < 4.78 is 0. The molecule has 1 rings (SSSR count). The first-order valence-electron chi connectivity index (χ1n) is 7.98. The standard InChI is InChI=1S/C18H30O/c1-4-7-8-9-12-15-18(5-2,6-3)16-13-10-11-14-17(16)19/h10-11,13-14,19H,4-9,12,15H2,1-3H3. The third-order valence-corrected chi connectivity index (χ3v) is 4.59. The van der Waals surface area contributed by atoms with Crippen LogP contribution >= 0.6 is 0 Å². The lowest BCUT2D eigenvalue weighted by molar-refractivity contribution is 0.332. The number of rotatable bonds is 9. The highest BCUT2D eigenvalue weighted by molar-refractivity contribution is 5.38. The molecule has 1 aromatic carbocycles. The number of benzene rings is 1. The highest BCUT2D eigenvalue weighted by Crippen LogP contribution is 2.41. The topological polar surface area (TPSA) is 20.2 Å². The molecule has 1 heteroatoms. The summed E-state index contributed by atoms with van der Waals surface area (Å²) in [6.07, 6.45) is 10.00. The zero-order valence-electron chi connectivity index (χ0n) is 12.9. The SMILES string of the molecule is CCCCCCCC(CC)(CC)c1ccccc1O. The molecule has 0 aliphatic carbocycles. The maximum Gasteiger partial charge on any atom is 0.119 e. The Morgan fingerprint density at radius 1 is 0.895 bits per heavy atom. The average Bonchev–Trinajstić information content (AvgIpc) is 2.44.